The maximum atomic E-state index is 13.2. The van der Waals surface area contributed by atoms with Crippen LogP contribution in [0.1, 0.15) is 18.4 Å². The lowest BCUT2D eigenvalue weighted by atomic mass is 10.00. The van der Waals surface area contributed by atoms with Crippen LogP contribution < -0.4 is 4.74 Å². The van der Waals surface area contributed by atoms with Crippen molar-refractivity contribution in [3.05, 3.63) is 59.9 Å². The molecule has 4 rings (SSSR count). The van der Waals surface area contributed by atoms with Crippen LogP contribution in [0, 0.1) is 5.82 Å². The van der Waals surface area contributed by atoms with E-state index < -0.39 is 21.6 Å². The van der Waals surface area contributed by atoms with Gasteiger partial charge >= 0.3 is 0 Å². The minimum Gasteiger partial charge on any atom is -0.497 e. The first kappa shape index (κ1) is 21.7. The molecule has 1 amide bonds. The molecule has 1 spiro atoms. The Hall–Kier alpha value is -2.49. The lowest BCUT2D eigenvalue weighted by Crippen LogP contribution is -2.55. The molecule has 0 unspecified atom stereocenters. The summed E-state index contributed by atoms with van der Waals surface area (Å²) in [5.74, 6) is 0.234. The second-order valence-electron chi connectivity index (χ2n) is 7.73. The van der Waals surface area contributed by atoms with E-state index in [9.17, 15) is 17.6 Å². The first-order valence-electron chi connectivity index (χ1n) is 10.2. The van der Waals surface area contributed by atoms with Crippen LogP contribution in [0.2, 0.25) is 0 Å². The number of halogens is 1. The third-order valence-electron chi connectivity index (χ3n) is 5.93. The van der Waals surface area contributed by atoms with Gasteiger partial charge in [-0.15, -0.1) is 0 Å². The molecule has 2 heterocycles. The highest BCUT2D eigenvalue weighted by atomic mass is 32.2. The second kappa shape index (κ2) is 8.57. The zero-order valence-electron chi connectivity index (χ0n) is 17.3. The summed E-state index contributed by atoms with van der Waals surface area (Å²) in [7, 11) is -2.24. The van der Waals surface area contributed by atoms with Crippen molar-refractivity contribution in [2.24, 2.45) is 0 Å². The van der Waals surface area contributed by atoms with Gasteiger partial charge in [0.25, 0.3) is 0 Å². The van der Waals surface area contributed by atoms with Crippen LogP contribution in [0.25, 0.3) is 0 Å². The molecule has 2 aromatic carbocycles. The predicted molar refractivity (Wildman–Crippen MR) is 111 cm³/mol. The number of carbonyl (C=O) groups excluding carboxylic acids is 1. The SMILES string of the molecule is COc1ccc(CC(=O)N2CCC3(CC2)OCCN3S(=O)(=O)c2ccc(F)cc2)cc1. The number of amides is 1. The molecule has 0 aliphatic carbocycles. The highest BCUT2D eigenvalue weighted by Gasteiger charge is 2.50. The Morgan fingerprint density at radius 1 is 1.06 bits per heavy atom. The monoisotopic (exact) mass is 448 g/mol. The van der Waals surface area contributed by atoms with Gasteiger partial charge in [0.05, 0.1) is 25.0 Å². The number of hydrogen-bond acceptors (Lipinski definition) is 5. The fourth-order valence-electron chi connectivity index (χ4n) is 4.20. The van der Waals surface area contributed by atoms with Crippen molar-refractivity contribution in [3.8, 4) is 5.75 Å². The molecule has 2 aromatic rings. The summed E-state index contributed by atoms with van der Waals surface area (Å²) >= 11 is 0. The first-order chi connectivity index (χ1) is 14.8. The molecule has 2 aliphatic heterocycles. The molecule has 9 heteroatoms. The quantitative estimate of drug-likeness (QED) is 0.702. The maximum absolute atomic E-state index is 13.2. The number of likely N-dealkylation sites (tertiary alicyclic amines) is 1. The van der Waals surface area contributed by atoms with Gasteiger partial charge in [0.1, 0.15) is 17.3 Å². The van der Waals surface area contributed by atoms with E-state index in [2.05, 4.69) is 0 Å². The van der Waals surface area contributed by atoms with Gasteiger partial charge in [-0.1, -0.05) is 12.1 Å². The molecule has 2 fully saturated rings. The Kier molecular flexibility index (Phi) is 6.00. The van der Waals surface area contributed by atoms with Crippen LogP contribution in [0.5, 0.6) is 5.75 Å². The van der Waals surface area contributed by atoms with Crippen molar-refractivity contribution in [2.45, 2.75) is 29.9 Å². The Morgan fingerprint density at radius 3 is 2.32 bits per heavy atom. The third kappa shape index (κ3) is 4.30. The van der Waals surface area contributed by atoms with E-state index in [1.807, 2.05) is 24.3 Å². The van der Waals surface area contributed by atoms with E-state index in [1.165, 1.54) is 16.4 Å². The Morgan fingerprint density at radius 2 is 1.71 bits per heavy atom. The third-order valence-corrected chi connectivity index (χ3v) is 7.90. The van der Waals surface area contributed by atoms with E-state index in [0.717, 1.165) is 23.4 Å². The van der Waals surface area contributed by atoms with Crippen molar-refractivity contribution >= 4 is 15.9 Å². The van der Waals surface area contributed by atoms with Crippen molar-refractivity contribution in [1.82, 2.24) is 9.21 Å². The molecule has 2 aliphatic rings. The van der Waals surface area contributed by atoms with Crippen LogP contribution in [0.15, 0.2) is 53.4 Å². The smallest absolute Gasteiger partial charge is 0.245 e. The van der Waals surface area contributed by atoms with E-state index in [4.69, 9.17) is 9.47 Å². The van der Waals surface area contributed by atoms with Crippen LogP contribution in [0.3, 0.4) is 0 Å². The van der Waals surface area contributed by atoms with E-state index in [-0.39, 0.29) is 23.8 Å². The molecule has 0 saturated carbocycles. The fourth-order valence-corrected chi connectivity index (χ4v) is 5.92. The summed E-state index contributed by atoms with van der Waals surface area (Å²) in [5.41, 5.74) is -0.0758. The minimum absolute atomic E-state index is 0.00837. The van der Waals surface area contributed by atoms with Crippen LogP contribution in [0.4, 0.5) is 4.39 Å². The van der Waals surface area contributed by atoms with Gasteiger partial charge in [-0.3, -0.25) is 4.79 Å². The predicted octanol–water partition coefficient (Wildman–Crippen LogP) is 2.42. The molecule has 0 N–H and O–H groups in total. The molecule has 0 atom stereocenters. The molecule has 166 valence electrons. The molecule has 31 heavy (non-hydrogen) atoms. The van der Waals surface area contributed by atoms with E-state index in [0.29, 0.717) is 32.5 Å². The van der Waals surface area contributed by atoms with Gasteiger partial charge in [0.15, 0.2) is 0 Å². The lowest BCUT2D eigenvalue weighted by molar-refractivity contribution is -0.139. The fraction of sp³-hybridized carbons (Fsp3) is 0.409. The topological polar surface area (TPSA) is 76.2 Å². The summed E-state index contributed by atoms with van der Waals surface area (Å²) < 4.78 is 52.0. The van der Waals surface area contributed by atoms with Crippen molar-refractivity contribution in [1.29, 1.82) is 0 Å². The Labute approximate surface area is 181 Å². The molecule has 0 aromatic heterocycles. The molecule has 2 saturated heterocycles. The van der Waals surface area contributed by atoms with Crippen molar-refractivity contribution < 1.29 is 27.1 Å². The minimum atomic E-state index is -3.83. The molecule has 0 radical (unpaired) electrons. The lowest BCUT2D eigenvalue weighted by Gasteiger charge is -2.42. The first-order valence-corrected chi connectivity index (χ1v) is 11.6. The van der Waals surface area contributed by atoms with Crippen molar-refractivity contribution in [3.63, 3.8) is 0 Å². The number of nitrogens with zero attached hydrogens (tertiary/aromatic N) is 2. The summed E-state index contributed by atoms with van der Waals surface area (Å²) in [6, 6.07) is 12.2. The van der Waals surface area contributed by atoms with Crippen LogP contribution in [-0.2, 0) is 26.0 Å². The number of methoxy groups -OCH3 is 1. The van der Waals surface area contributed by atoms with Gasteiger partial charge in [-0.25, -0.2) is 12.8 Å². The second-order valence-corrected chi connectivity index (χ2v) is 9.59. The van der Waals surface area contributed by atoms with E-state index >= 15 is 0 Å². The Bertz CT molecular complexity index is 1030. The summed E-state index contributed by atoms with van der Waals surface area (Å²) in [6.45, 7) is 1.34. The number of piperidine rings is 1. The van der Waals surface area contributed by atoms with Gasteiger partial charge in [0, 0.05) is 32.5 Å². The largest absolute Gasteiger partial charge is 0.497 e. The highest BCUT2D eigenvalue weighted by molar-refractivity contribution is 7.89. The number of sulfonamides is 1. The van der Waals surface area contributed by atoms with Crippen LogP contribution in [-0.4, -0.2) is 62.6 Å². The van der Waals surface area contributed by atoms with Crippen molar-refractivity contribution in [2.75, 3.05) is 33.4 Å². The van der Waals surface area contributed by atoms with Gasteiger partial charge in [-0.05, 0) is 42.0 Å². The average molecular weight is 449 g/mol. The van der Waals surface area contributed by atoms with Gasteiger partial charge in [0.2, 0.25) is 15.9 Å². The standard InChI is InChI=1S/C22H25FN2O5S/c1-29-19-6-2-17(3-7-19)16-21(26)24-12-10-22(11-13-24)25(14-15-30-22)31(27,28)20-8-4-18(23)5-9-20/h2-9H,10-16H2,1H3. The zero-order chi connectivity index (χ0) is 22.1. The van der Waals surface area contributed by atoms with Gasteiger partial charge < -0.3 is 14.4 Å². The molecule has 7 nitrogen and oxygen atoms in total. The molecular weight excluding hydrogens is 423 g/mol. The Balaban J connectivity index is 1.43. The van der Waals surface area contributed by atoms with Gasteiger partial charge in [-0.2, -0.15) is 4.31 Å². The normalized spacial score (nSPS) is 19.0. The summed E-state index contributed by atoms with van der Waals surface area (Å²) in [5, 5.41) is 0. The average Bonchev–Trinajstić information content (AvgIpc) is 3.19. The highest BCUT2D eigenvalue weighted by Crippen LogP contribution is 2.38. The van der Waals surface area contributed by atoms with Crippen LogP contribution >= 0.6 is 0 Å². The number of carbonyl (C=O) groups is 1. The number of rotatable bonds is 5. The number of ether oxygens (including phenoxy) is 2. The summed E-state index contributed by atoms with van der Waals surface area (Å²) in [6.07, 6.45) is 1.05. The number of hydrogen-bond donors (Lipinski definition) is 0. The summed E-state index contributed by atoms with van der Waals surface area (Å²) in [4.78, 5) is 14.5. The maximum Gasteiger partial charge on any atom is 0.245 e. The molecular formula is C22H25FN2O5S. The zero-order valence-corrected chi connectivity index (χ0v) is 18.1. The number of benzene rings is 2. The molecule has 0 bridgehead atoms. The van der Waals surface area contributed by atoms with E-state index in [1.54, 1.807) is 12.0 Å².